The van der Waals surface area contributed by atoms with Gasteiger partial charge in [-0.05, 0) is 88.8 Å². The molecule has 7 heteroatoms. The summed E-state index contributed by atoms with van der Waals surface area (Å²) in [5.74, 6) is 0.653. The largest absolute Gasteiger partial charge is 0.454 e. The highest BCUT2D eigenvalue weighted by Crippen LogP contribution is 2.45. The van der Waals surface area contributed by atoms with Crippen LogP contribution >= 0.6 is 0 Å². The van der Waals surface area contributed by atoms with Gasteiger partial charge in [0.15, 0.2) is 11.6 Å². The Balaban J connectivity index is 1.43. The highest BCUT2D eigenvalue weighted by molar-refractivity contribution is 5.99. The van der Waals surface area contributed by atoms with Crippen LogP contribution in [0.4, 0.5) is 23.4 Å². The number of nitrogens with zero attached hydrogens (tertiary/aromatic N) is 1. The summed E-state index contributed by atoms with van der Waals surface area (Å²) in [5, 5.41) is 2.73. The van der Waals surface area contributed by atoms with Crippen LogP contribution < -0.4 is 10.5 Å². The van der Waals surface area contributed by atoms with Crippen molar-refractivity contribution in [1.29, 1.82) is 0 Å². The second-order valence-corrected chi connectivity index (χ2v) is 9.47. The molecule has 1 aliphatic carbocycles. The molecule has 1 aromatic heterocycles. The van der Waals surface area contributed by atoms with E-state index in [4.69, 9.17) is 10.5 Å². The number of aromatic nitrogens is 1. The fourth-order valence-electron chi connectivity index (χ4n) is 4.84. The number of ether oxygens (including phenoxy) is 1. The van der Waals surface area contributed by atoms with Crippen molar-refractivity contribution in [3.05, 3.63) is 95.9 Å². The average molecular weight is 503 g/mol. The quantitative estimate of drug-likeness (QED) is 0.197. The number of hydrogen-bond donors (Lipinski definition) is 1. The molecule has 1 saturated carbocycles. The number of rotatable bonds is 4. The summed E-state index contributed by atoms with van der Waals surface area (Å²) in [6.45, 7) is 0. The highest BCUT2D eigenvalue weighted by atomic mass is 19.4. The van der Waals surface area contributed by atoms with E-state index in [9.17, 15) is 13.2 Å². The van der Waals surface area contributed by atoms with Gasteiger partial charge in [-0.25, -0.2) is 9.37 Å². The monoisotopic (exact) mass is 502 g/mol. The maximum atomic E-state index is 15.9. The van der Waals surface area contributed by atoms with Gasteiger partial charge in [0, 0.05) is 22.9 Å². The third-order valence-electron chi connectivity index (χ3n) is 7.08. The number of alkyl halides is 3. The zero-order valence-corrected chi connectivity index (χ0v) is 19.6. The number of fused-ring (bicyclic) bond motifs is 2. The first-order chi connectivity index (χ1) is 17.8. The zero-order valence-electron chi connectivity index (χ0n) is 19.6. The molecular formula is C30H22F4N2O. The number of halogens is 4. The van der Waals surface area contributed by atoms with E-state index in [-0.39, 0.29) is 11.7 Å². The maximum Gasteiger partial charge on any atom is 0.416 e. The van der Waals surface area contributed by atoms with Crippen LogP contribution in [-0.2, 0) is 6.18 Å². The lowest BCUT2D eigenvalue weighted by molar-refractivity contribution is -0.137. The Morgan fingerprint density at radius 3 is 2.22 bits per heavy atom. The third-order valence-corrected chi connectivity index (χ3v) is 7.08. The fourth-order valence-corrected chi connectivity index (χ4v) is 4.84. The van der Waals surface area contributed by atoms with Crippen LogP contribution in [0, 0.1) is 5.82 Å². The number of hydrogen-bond acceptors (Lipinski definition) is 3. The van der Waals surface area contributed by atoms with E-state index in [0.717, 1.165) is 42.3 Å². The predicted molar refractivity (Wildman–Crippen MR) is 137 cm³/mol. The molecule has 1 fully saturated rings. The summed E-state index contributed by atoms with van der Waals surface area (Å²) in [6.07, 6.45) is 0.109. The van der Waals surface area contributed by atoms with Crippen molar-refractivity contribution in [3.8, 4) is 22.6 Å². The second-order valence-electron chi connectivity index (χ2n) is 9.47. The smallest absolute Gasteiger partial charge is 0.416 e. The van der Waals surface area contributed by atoms with Crippen molar-refractivity contribution >= 4 is 27.4 Å². The molecule has 0 spiro atoms. The van der Waals surface area contributed by atoms with Crippen molar-refractivity contribution < 1.29 is 22.3 Å². The SMILES string of the molecule is Nc1ccc(-c2ccc(C3CCC3)c(Oc3ccc4cc5ccc(C(F)(F)F)cc5cc4c3)c2F)cn1. The Hall–Kier alpha value is -4.13. The first-order valence-electron chi connectivity index (χ1n) is 12.0. The Kier molecular flexibility index (Phi) is 5.51. The first-order valence-corrected chi connectivity index (χ1v) is 12.0. The number of anilines is 1. The lowest BCUT2D eigenvalue weighted by Crippen LogP contribution is -2.11. The molecule has 0 bridgehead atoms. The van der Waals surface area contributed by atoms with Gasteiger partial charge in [-0.3, -0.25) is 0 Å². The Labute approximate surface area is 210 Å². The van der Waals surface area contributed by atoms with Crippen LogP contribution in [0.25, 0.3) is 32.7 Å². The lowest BCUT2D eigenvalue weighted by Gasteiger charge is -2.28. The van der Waals surface area contributed by atoms with Crippen molar-refractivity contribution in [2.24, 2.45) is 0 Å². The predicted octanol–water partition coefficient (Wildman–Crippen LogP) is 8.85. The third kappa shape index (κ3) is 4.35. The van der Waals surface area contributed by atoms with Gasteiger partial charge < -0.3 is 10.5 Å². The van der Waals surface area contributed by atoms with E-state index in [1.165, 1.54) is 12.3 Å². The summed E-state index contributed by atoms with van der Waals surface area (Å²) < 4.78 is 61.8. The molecule has 0 amide bonds. The molecule has 186 valence electrons. The molecule has 37 heavy (non-hydrogen) atoms. The van der Waals surface area contributed by atoms with E-state index >= 15 is 4.39 Å². The van der Waals surface area contributed by atoms with Crippen LogP contribution in [0.2, 0.25) is 0 Å². The van der Waals surface area contributed by atoms with Gasteiger partial charge in [0.25, 0.3) is 0 Å². The van der Waals surface area contributed by atoms with Crippen LogP contribution in [-0.4, -0.2) is 4.98 Å². The van der Waals surface area contributed by atoms with Gasteiger partial charge in [0.1, 0.15) is 11.6 Å². The standard InChI is InChI=1S/C30H22F4N2O/c31-28-25(20-6-11-27(35)36-16-20)9-10-26(17-2-1-3-17)29(28)37-24-8-5-19-12-18-4-7-23(30(32,33)34)14-21(18)13-22(19)15-24/h4-17H,1-3H2,(H2,35,36). The molecule has 0 radical (unpaired) electrons. The minimum absolute atomic E-state index is 0.165. The molecule has 0 aliphatic heterocycles. The molecule has 0 saturated heterocycles. The molecule has 0 atom stereocenters. The first kappa shape index (κ1) is 23.3. The van der Waals surface area contributed by atoms with Crippen molar-refractivity contribution in [2.45, 2.75) is 31.4 Å². The molecular weight excluding hydrogens is 480 g/mol. The van der Waals surface area contributed by atoms with Gasteiger partial charge in [-0.2, -0.15) is 13.2 Å². The number of pyridine rings is 1. The molecule has 4 aromatic carbocycles. The summed E-state index contributed by atoms with van der Waals surface area (Å²) in [7, 11) is 0. The Bertz CT molecular complexity index is 1640. The van der Waals surface area contributed by atoms with Crippen LogP contribution in [0.1, 0.15) is 36.3 Å². The summed E-state index contributed by atoms with van der Waals surface area (Å²) in [5.41, 5.74) is 6.74. The minimum Gasteiger partial charge on any atom is -0.454 e. The van der Waals surface area contributed by atoms with Gasteiger partial charge in [-0.1, -0.05) is 30.7 Å². The van der Waals surface area contributed by atoms with Crippen LogP contribution in [0.15, 0.2) is 79.0 Å². The van der Waals surface area contributed by atoms with E-state index in [0.29, 0.717) is 38.9 Å². The molecule has 3 nitrogen and oxygen atoms in total. The average Bonchev–Trinajstić information content (AvgIpc) is 2.83. The summed E-state index contributed by atoms with van der Waals surface area (Å²) in [4.78, 5) is 4.08. The van der Waals surface area contributed by atoms with E-state index in [2.05, 4.69) is 4.98 Å². The normalized spacial score (nSPS) is 14.2. The molecule has 1 heterocycles. The fraction of sp³-hybridized carbons (Fsp3) is 0.167. The van der Waals surface area contributed by atoms with Gasteiger partial charge >= 0.3 is 6.18 Å². The summed E-state index contributed by atoms with van der Waals surface area (Å²) >= 11 is 0. The molecule has 5 aromatic rings. The van der Waals surface area contributed by atoms with E-state index < -0.39 is 17.6 Å². The second kappa shape index (κ2) is 8.76. The molecule has 6 rings (SSSR count). The van der Waals surface area contributed by atoms with Crippen molar-refractivity contribution in [3.63, 3.8) is 0 Å². The molecule has 0 unspecified atom stereocenters. The number of nitrogen functional groups attached to an aromatic ring is 1. The minimum atomic E-state index is -4.42. The van der Waals surface area contributed by atoms with Crippen LogP contribution in [0.5, 0.6) is 11.5 Å². The van der Waals surface area contributed by atoms with Gasteiger partial charge in [0.2, 0.25) is 0 Å². The van der Waals surface area contributed by atoms with Crippen molar-refractivity contribution in [2.75, 3.05) is 5.73 Å². The highest BCUT2D eigenvalue weighted by Gasteiger charge is 2.30. The Morgan fingerprint density at radius 2 is 1.54 bits per heavy atom. The van der Waals surface area contributed by atoms with E-state index in [1.54, 1.807) is 36.4 Å². The molecule has 1 aliphatic rings. The molecule has 2 N–H and O–H groups in total. The van der Waals surface area contributed by atoms with E-state index in [1.807, 2.05) is 18.2 Å². The summed E-state index contributed by atoms with van der Waals surface area (Å²) in [6, 6.07) is 19.5. The number of benzene rings is 4. The maximum absolute atomic E-state index is 15.9. The topological polar surface area (TPSA) is 48.1 Å². The number of nitrogens with two attached hydrogens (primary N) is 1. The van der Waals surface area contributed by atoms with Crippen LogP contribution in [0.3, 0.4) is 0 Å². The van der Waals surface area contributed by atoms with Gasteiger partial charge in [0.05, 0.1) is 5.56 Å². The lowest BCUT2D eigenvalue weighted by atomic mass is 9.79. The van der Waals surface area contributed by atoms with Gasteiger partial charge in [-0.15, -0.1) is 0 Å². The Morgan fingerprint density at radius 1 is 0.811 bits per heavy atom. The van der Waals surface area contributed by atoms with Crippen molar-refractivity contribution in [1.82, 2.24) is 4.98 Å². The zero-order chi connectivity index (χ0) is 25.7.